The van der Waals surface area contributed by atoms with E-state index < -0.39 is 15.8 Å². The third-order valence-electron chi connectivity index (χ3n) is 2.26. The summed E-state index contributed by atoms with van der Waals surface area (Å²) < 4.78 is 39.4. The third kappa shape index (κ3) is 3.37. The van der Waals surface area contributed by atoms with Gasteiger partial charge in [0.1, 0.15) is 10.7 Å². The Morgan fingerprint density at radius 2 is 1.79 bits per heavy atom. The van der Waals surface area contributed by atoms with E-state index in [1.165, 1.54) is 6.07 Å². The lowest BCUT2D eigenvalue weighted by molar-refractivity contribution is 0.600. The Morgan fingerprint density at radius 3 is 2.42 bits per heavy atom. The fourth-order valence-electron chi connectivity index (χ4n) is 1.46. The molecule has 0 saturated heterocycles. The molecule has 0 aliphatic rings. The van der Waals surface area contributed by atoms with Crippen molar-refractivity contribution in [1.82, 2.24) is 0 Å². The van der Waals surface area contributed by atoms with Crippen LogP contribution in [0.15, 0.2) is 47.4 Å². The molecule has 0 aromatic heterocycles. The second-order valence-corrected chi connectivity index (χ2v) is 6.19. The van der Waals surface area contributed by atoms with Gasteiger partial charge in [-0.15, -0.1) is 0 Å². The minimum absolute atomic E-state index is 0.186. The predicted molar refractivity (Wildman–Crippen MR) is 73.7 cm³/mol. The van der Waals surface area contributed by atoms with Crippen molar-refractivity contribution in [2.24, 2.45) is 0 Å². The summed E-state index contributed by atoms with van der Waals surface area (Å²) in [5.74, 6) is -0.605. The highest BCUT2D eigenvalue weighted by molar-refractivity contribution is 7.92. The van der Waals surface area contributed by atoms with Crippen LogP contribution < -0.4 is 4.72 Å². The van der Waals surface area contributed by atoms with Gasteiger partial charge in [0, 0.05) is 5.02 Å². The molecule has 0 heterocycles. The summed E-state index contributed by atoms with van der Waals surface area (Å²) in [6.45, 7) is 0. The van der Waals surface area contributed by atoms with Gasteiger partial charge in [-0.2, -0.15) is 0 Å². The van der Waals surface area contributed by atoms with Crippen LogP contribution in [0.2, 0.25) is 10.0 Å². The third-order valence-corrected chi connectivity index (χ3v) is 4.36. The first-order chi connectivity index (χ1) is 8.88. The highest BCUT2D eigenvalue weighted by Crippen LogP contribution is 2.25. The molecule has 0 fully saturated rings. The van der Waals surface area contributed by atoms with Crippen molar-refractivity contribution in [3.63, 3.8) is 0 Å². The molecule has 0 amide bonds. The zero-order valence-electron chi connectivity index (χ0n) is 9.40. The molecule has 100 valence electrons. The molecule has 7 heteroatoms. The van der Waals surface area contributed by atoms with Crippen LogP contribution in [0.4, 0.5) is 10.1 Å². The van der Waals surface area contributed by atoms with Crippen LogP contribution >= 0.6 is 23.2 Å². The van der Waals surface area contributed by atoms with Crippen molar-refractivity contribution < 1.29 is 12.8 Å². The van der Waals surface area contributed by atoms with Crippen LogP contribution in [0.3, 0.4) is 0 Å². The van der Waals surface area contributed by atoms with Crippen LogP contribution in [0.1, 0.15) is 0 Å². The quantitative estimate of drug-likeness (QED) is 0.931. The highest BCUT2D eigenvalue weighted by atomic mass is 35.5. The summed E-state index contributed by atoms with van der Waals surface area (Å²) in [5.41, 5.74) is 0.299. The first-order valence-electron chi connectivity index (χ1n) is 5.12. The number of hydrogen-bond acceptors (Lipinski definition) is 2. The highest BCUT2D eigenvalue weighted by Gasteiger charge is 2.18. The maximum atomic E-state index is 12.9. The Labute approximate surface area is 120 Å². The second-order valence-electron chi connectivity index (χ2n) is 3.69. The molecule has 0 spiro atoms. The van der Waals surface area contributed by atoms with Crippen molar-refractivity contribution in [1.29, 1.82) is 0 Å². The van der Waals surface area contributed by atoms with E-state index in [9.17, 15) is 12.8 Å². The zero-order chi connectivity index (χ0) is 14.0. The zero-order valence-corrected chi connectivity index (χ0v) is 11.7. The minimum atomic E-state index is -3.88. The van der Waals surface area contributed by atoms with Gasteiger partial charge < -0.3 is 0 Å². The summed E-state index contributed by atoms with van der Waals surface area (Å²) in [4.78, 5) is -0.199. The van der Waals surface area contributed by atoms with Gasteiger partial charge in [0.2, 0.25) is 0 Å². The van der Waals surface area contributed by atoms with Crippen LogP contribution in [-0.2, 0) is 10.0 Å². The lowest BCUT2D eigenvalue weighted by Gasteiger charge is -2.09. The minimum Gasteiger partial charge on any atom is -0.280 e. The summed E-state index contributed by atoms with van der Waals surface area (Å²) >= 11 is 11.5. The van der Waals surface area contributed by atoms with Crippen LogP contribution in [0.5, 0.6) is 0 Å². The Balaban J connectivity index is 2.38. The van der Waals surface area contributed by atoms with E-state index in [0.29, 0.717) is 10.7 Å². The van der Waals surface area contributed by atoms with Gasteiger partial charge in [-0.3, -0.25) is 4.72 Å². The number of rotatable bonds is 3. The average Bonchev–Trinajstić information content (AvgIpc) is 2.27. The molecule has 2 aromatic carbocycles. The van der Waals surface area contributed by atoms with Crippen LogP contribution in [0.25, 0.3) is 0 Å². The Morgan fingerprint density at radius 1 is 1.05 bits per heavy atom. The summed E-state index contributed by atoms with van der Waals surface area (Å²) in [6, 6.07) is 9.28. The van der Waals surface area contributed by atoms with E-state index >= 15 is 0 Å². The molecule has 0 bridgehead atoms. The largest absolute Gasteiger partial charge is 0.280 e. The molecule has 1 N–H and O–H groups in total. The van der Waals surface area contributed by atoms with Gasteiger partial charge in [0.25, 0.3) is 10.0 Å². The van der Waals surface area contributed by atoms with Gasteiger partial charge in [-0.05, 0) is 36.4 Å². The van der Waals surface area contributed by atoms with Gasteiger partial charge in [-0.1, -0.05) is 29.3 Å². The molecule has 0 saturated carbocycles. The van der Waals surface area contributed by atoms with Crippen LogP contribution in [-0.4, -0.2) is 8.42 Å². The lowest BCUT2D eigenvalue weighted by atomic mass is 10.3. The molecule has 3 nitrogen and oxygen atoms in total. The maximum Gasteiger partial charge on any atom is 0.263 e. The van der Waals surface area contributed by atoms with E-state index in [0.717, 1.165) is 18.2 Å². The Bertz CT molecular complexity index is 719. The first kappa shape index (κ1) is 14.1. The van der Waals surface area contributed by atoms with E-state index in [4.69, 9.17) is 23.2 Å². The van der Waals surface area contributed by atoms with E-state index in [2.05, 4.69) is 4.72 Å². The summed E-state index contributed by atoms with van der Waals surface area (Å²) in [7, 11) is -3.88. The number of sulfonamides is 1. The van der Waals surface area contributed by atoms with Crippen molar-refractivity contribution in [3.8, 4) is 0 Å². The molecule has 2 aromatic rings. The number of hydrogen-bond donors (Lipinski definition) is 1. The first-order valence-corrected chi connectivity index (χ1v) is 7.36. The van der Waals surface area contributed by atoms with E-state index in [1.54, 1.807) is 18.2 Å². The molecule has 0 radical (unpaired) electrons. The second kappa shape index (κ2) is 5.36. The average molecular weight is 320 g/mol. The molecule has 19 heavy (non-hydrogen) atoms. The molecule has 0 aliphatic carbocycles. The maximum absolute atomic E-state index is 12.9. The SMILES string of the molecule is O=S(=O)(Nc1cccc(Cl)c1)c1ccc(F)cc1Cl. The smallest absolute Gasteiger partial charge is 0.263 e. The summed E-state index contributed by atoms with van der Waals surface area (Å²) in [5, 5.41) is 0.208. The number of benzene rings is 2. The van der Waals surface area contributed by atoms with Gasteiger partial charge in [0.05, 0.1) is 10.7 Å². The molecule has 0 unspecified atom stereocenters. The molecule has 0 aliphatic heterocycles. The van der Waals surface area contributed by atoms with Gasteiger partial charge in [-0.25, -0.2) is 12.8 Å². The van der Waals surface area contributed by atoms with Crippen molar-refractivity contribution in [2.75, 3.05) is 4.72 Å². The normalized spacial score (nSPS) is 11.3. The molecular formula is C12H8Cl2FNO2S. The van der Waals surface area contributed by atoms with E-state index in [-0.39, 0.29) is 9.92 Å². The fourth-order valence-corrected chi connectivity index (χ4v) is 3.23. The molecule has 0 atom stereocenters. The number of nitrogens with one attached hydrogen (secondary N) is 1. The molecule has 2 rings (SSSR count). The lowest BCUT2D eigenvalue weighted by Crippen LogP contribution is -2.13. The fraction of sp³-hybridized carbons (Fsp3) is 0. The number of anilines is 1. The monoisotopic (exact) mass is 319 g/mol. The Hall–Kier alpha value is -1.30. The van der Waals surface area contributed by atoms with E-state index in [1.807, 2.05) is 0 Å². The van der Waals surface area contributed by atoms with Gasteiger partial charge >= 0.3 is 0 Å². The van der Waals surface area contributed by atoms with Crippen molar-refractivity contribution in [2.45, 2.75) is 4.90 Å². The van der Waals surface area contributed by atoms with Crippen LogP contribution in [0, 0.1) is 5.82 Å². The standard InChI is InChI=1S/C12H8Cl2FNO2S/c13-8-2-1-3-10(6-8)16-19(17,18)12-5-4-9(15)7-11(12)14/h1-7,16H. The predicted octanol–water partition coefficient (Wildman–Crippen LogP) is 3.93. The van der Waals surface area contributed by atoms with Gasteiger partial charge in [0.15, 0.2) is 0 Å². The Kier molecular flexibility index (Phi) is 3.99. The number of halogens is 3. The molecular weight excluding hydrogens is 312 g/mol. The topological polar surface area (TPSA) is 46.2 Å². The van der Waals surface area contributed by atoms with Crippen molar-refractivity contribution in [3.05, 3.63) is 58.3 Å². The summed E-state index contributed by atoms with van der Waals surface area (Å²) in [6.07, 6.45) is 0. The van der Waals surface area contributed by atoms with Crippen molar-refractivity contribution >= 4 is 38.9 Å².